The number of hydrogen-bond acceptors (Lipinski definition) is 4. The molecule has 2 atom stereocenters. The number of amides is 2. The molecule has 2 aromatic rings. The Morgan fingerprint density at radius 1 is 1.00 bits per heavy atom. The fraction of sp³-hybridized carbons (Fsp3) is 0.462. The highest BCUT2D eigenvalue weighted by molar-refractivity contribution is 8.00. The molecule has 1 aliphatic rings. The Balaban J connectivity index is 1.45. The Morgan fingerprint density at radius 3 is 2.16 bits per heavy atom. The third-order valence-electron chi connectivity index (χ3n) is 5.49. The van der Waals surface area contributed by atoms with Gasteiger partial charge in [-0.15, -0.1) is 11.8 Å². The second-order valence-corrected chi connectivity index (χ2v) is 10.6. The van der Waals surface area contributed by atoms with Crippen LogP contribution in [0.5, 0.6) is 0 Å². The van der Waals surface area contributed by atoms with Gasteiger partial charge in [-0.1, -0.05) is 45.0 Å². The summed E-state index contributed by atoms with van der Waals surface area (Å²) in [5.74, 6) is 0.390. The molecule has 1 saturated heterocycles. The van der Waals surface area contributed by atoms with E-state index in [1.807, 2.05) is 43.0 Å². The number of nitrogens with zero attached hydrogens (tertiary/aromatic N) is 1. The van der Waals surface area contributed by atoms with Gasteiger partial charge in [0.2, 0.25) is 5.91 Å². The number of ether oxygens (including phenoxy) is 1. The number of carbonyl (C=O) groups is 2. The van der Waals surface area contributed by atoms with Gasteiger partial charge in [-0.25, -0.2) is 0 Å². The lowest BCUT2D eigenvalue weighted by atomic mass is 9.87. The van der Waals surface area contributed by atoms with Crippen LogP contribution in [0.3, 0.4) is 0 Å². The maximum Gasteiger partial charge on any atom is 0.254 e. The van der Waals surface area contributed by atoms with Gasteiger partial charge >= 0.3 is 0 Å². The third kappa shape index (κ3) is 6.84. The molecule has 0 aliphatic carbocycles. The largest absolute Gasteiger partial charge is 0.372 e. The summed E-state index contributed by atoms with van der Waals surface area (Å²) in [4.78, 5) is 28.0. The summed E-state index contributed by atoms with van der Waals surface area (Å²) in [6.45, 7) is 12.2. The Kier molecular flexibility index (Phi) is 8.01. The van der Waals surface area contributed by atoms with Crippen molar-refractivity contribution >= 4 is 23.6 Å². The zero-order chi connectivity index (χ0) is 23.3. The molecule has 0 radical (unpaired) electrons. The Labute approximate surface area is 195 Å². The number of benzene rings is 2. The lowest BCUT2D eigenvalue weighted by Crippen LogP contribution is -2.48. The molecule has 172 valence electrons. The van der Waals surface area contributed by atoms with Crippen LogP contribution in [0.1, 0.15) is 56.1 Å². The first kappa shape index (κ1) is 24.3. The van der Waals surface area contributed by atoms with Gasteiger partial charge in [-0.2, -0.15) is 0 Å². The van der Waals surface area contributed by atoms with Crippen molar-refractivity contribution in [3.63, 3.8) is 0 Å². The lowest BCUT2D eigenvalue weighted by Gasteiger charge is -2.35. The molecule has 5 nitrogen and oxygen atoms in total. The van der Waals surface area contributed by atoms with Crippen molar-refractivity contribution in [1.29, 1.82) is 0 Å². The summed E-state index contributed by atoms with van der Waals surface area (Å²) in [7, 11) is 0. The molecule has 0 spiro atoms. The monoisotopic (exact) mass is 454 g/mol. The van der Waals surface area contributed by atoms with Crippen molar-refractivity contribution < 1.29 is 14.3 Å². The van der Waals surface area contributed by atoms with Crippen LogP contribution in [0.2, 0.25) is 0 Å². The van der Waals surface area contributed by atoms with E-state index in [1.54, 1.807) is 0 Å². The second-order valence-electron chi connectivity index (χ2n) is 9.50. The van der Waals surface area contributed by atoms with Crippen LogP contribution in [-0.4, -0.2) is 47.8 Å². The molecule has 32 heavy (non-hydrogen) atoms. The molecule has 0 aromatic heterocycles. The summed E-state index contributed by atoms with van der Waals surface area (Å²) < 4.78 is 5.71. The smallest absolute Gasteiger partial charge is 0.254 e. The first-order valence-electron chi connectivity index (χ1n) is 11.2. The second kappa shape index (κ2) is 10.5. The van der Waals surface area contributed by atoms with E-state index in [-0.39, 0.29) is 29.4 Å². The average molecular weight is 455 g/mol. The molecule has 1 heterocycles. The van der Waals surface area contributed by atoms with Gasteiger partial charge in [0.25, 0.3) is 5.91 Å². The minimum Gasteiger partial charge on any atom is -0.372 e. The number of morpholine rings is 1. The molecular formula is C26H34N2O3S. The molecule has 6 heteroatoms. The third-order valence-corrected chi connectivity index (χ3v) is 6.50. The van der Waals surface area contributed by atoms with E-state index >= 15 is 0 Å². The minimum absolute atomic E-state index is 0.00802. The maximum absolute atomic E-state index is 12.8. The number of hydrogen-bond donors (Lipinski definition) is 1. The van der Waals surface area contributed by atoms with Crippen molar-refractivity contribution in [2.24, 2.45) is 0 Å². The Bertz CT molecular complexity index is 910. The number of carbonyl (C=O) groups excluding carboxylic acids is 2. The van der Waals surface area contributed by atoms with E-state index < -0.39 is 0 Å². The highest BCUT2D eigenvalue weighted by Crippen LogP contribution is 2.25. The first-order chi connectivity index (χ1) is 15.1. The fourth-order valence-corrected chi connectivity index (χ4v) is 4.47. The predicted octanol–water partition coefficient (Wildman–Crippen LogP) is 4.64. The highest BCUT2D eigenvalue weighted by Gasteiger charge is 2.26. The fourth-order valence-electron chi connectivity index (χ4n) is 3.74. The van der Waals surface area contributed by atoms with Crippen molar-refractivity contribution in [3.8, 4) is 0 Å². The van der Waals surface area contributed by atoms with Crippen molar-refractivity contribution in [2.75, 3.05) is 18.8 Å². The van der Waals surface area contributed by atoms with Gasteiger partial charge < -0.3 is 15.0 Å². The van der Waals surface area contributed by atoms with E-state index in [9.17, 15) is 9.59 Å². The van der Waals surface area contributed by atoms with Gasteiger partial charge in [0.1, 0.15) is 0 Å². The van der Waals surface area contributed by atoms with E-state index in [0.717, 1.165) is 10.5 Å². The van der Waals surface area contributed by atoms with Crippen LogP contribution in [0.15, 0.2) is 53.4 Å². The van der Waals surface area contributed by atoms with Crippen LogP contribution >= 0.6 is 11.8 Å². The van der Waals surface area contributed by atoms with Crippen LogP contribution in [0.4, 0.5) is 0 Å². The Morgan fingerprint density at radius 2 is 1.59 bits per heavy atom. The molecular weight excluding hydrogens is 420 g/mol. The van der Waals surface area contributed by atoms with E-state index in [1.165, 1.54) is 17.3 Å². The summed E-state index contributed by atoms with van der Waals surface area (Å²) in [6.07, 6.45) is 0.0953. The molecule has 2 amide bonds. The zero-order valence-corrected chi connectivity index (χ0v) is 20.5. The topological polar surface area (TPSA) is 58.6 Å². The predicted molar refractivity (Wildman–Crippen MR) is 130 cm³/mol. The Hall–Kier alpha value is -2.31. The van der Waals surface area contributed by atoms with Gasteiger partial charge in [-0.3, -0.25) is 9.59 Å². The first-order valence-corrected chi connectivity index (χ1v) is 12.1. The normalized spacial score (nSPS) is 19.0. The van der Waals surface area contributed by atoms with Crippen LogP contribution in [0.25, 0.3) is 0 Å². The SMILES string of the molecule is CC1CN(C(=O)c2ccc(CNC(=O)CSc3ccc(C(C)(C)C)cc3)cc2)CC(C)O1. The quantitative estimate of drug-likeness (QED) is 0.646. The van der Waals surface area contributed by atoms with E-state index in [2.05, 4.69) is 50.4 Å². The molecule has 1 N–H and O–H groups in total. The summed E-state index contributed by atoms with van der Waals surface area (Å²) in [5.41, 5.74) is 3.04. The zero-order valence-electron chi connectivity index (χ0n) is 19.7. The molecule has 2 unspecified atom stereocenters. The molecule has 1 fully saturated rings. The number of rotatable bonds is 6. The van der Waals surface area contributed by atoms with Gasteiger partial charge in [-0.05, 0) is 54.7 Å². The lowest BCUT2D eigenvalue weighted by molar-refractivity contribution is -0.118. The summed E-state index contributed by atoms with van der Waals surface area (Å²) in [5, 5.41) is 2.96. The molecule has 0 saturated carbocycles. The van der Waals surface area contributed by atoms with Gasteiger partial charge in [0.05, 0.1) is 18.0 Å². The maximum atomic E-state index is 12.8. The van der Waals surface area contributed by atoms with Crippen molar-refractivity contribution in [2.45, 2.75) is 63.7 Å². The van der Waals surface area contributed by atoms with Crippen LogP contribution in [0, 0.1) is 0 Å². The molecule has 3 rings (SSSR count). The number of thioether (sulfide) groups is 1. The summed E-state index contributed by atoms with van der Waals surface area (Å²) >= 11 is 1.53. The van der Waals surface area contributed by atoms with Gasteiger partial charge in [0, 0.05) is 30.1 Å². The van der Waals surface area contributed by atoms with Crippen molar-refractivity contribution in [1.82, 2.24) is 10.2 Å². The van der Waals surface area contributed by atoms with E-state index in [0.29, 0.717) is 31.0 Å². The van der Waals surface area contributed by atoms with Gasteiger partial charge in [0.15, 0.2) is 0 Å². The molecule has 2 aromatic carbocycles. The highest BCUT2D eigenvalue weighted by atomic mass is 32.2. The molecule has 1 aliphatic heterocycles. The summed E-state index contributed by atoms with van der Waals surface area (Å²) in [6, 6.07) is 15.9. The van der Waals surface area contributed by atoms with Crippen LogP contribution < -0.4 is 5.32 Å². The standard InChI is InChI=1S/C26H34N2O3S/c1-18-15-28(16-19(2)31-18)25(30)21-8-6-20(7-9-21)14-27-24(29)17-32-23-12-10-22(11-13-23)26(3,4)5/h6-13,18-19H,14-17H2,1-5H3,(H,27,29). The van der Waals surface area contributed by atoms with Crippen LogP contribution in [-0.2, 0) is 21.5 Å². The average Bonchev–Trinajstić information content (AvgIpc) is 2.75. The molecule has 0 bridgehead atoms. The minimum atomic E-state index is -0.00802. The van der Waals surface area contributed by atoms with Crippen molar-refractivity contribution in [3.05, 3.63) is 65.2 Å². The number of nitrogens with one attached hydrogen (secondary N) is 1. The van der Waals surface area contributed by atoms with E-state index in [4.69, 9.17) is 4.74 Å².